The largest absolute Gasteiger partial charge is 0.469 e. The minimum Gasteiger partial charge on any atom is -0.469 e. The Labute approximate surface area is 222 Å². The molecule has 5 nitrogen and oxygen atoms in total. The maximum absolute atomic E-state index is 14.5. The number of allylic oxidation sites excluding steroid dienone is 2. The molecule has 1 aromatic rings. The molecule has 0 N–H and O–H groups in total. The highest BCUT2D eigenvalue weighted by Crippen LogP contribution is 2.74. The Morgan fingerprint density at radius 2 is 1.73 bits per heavy atom. The van der Waals surface area contributed by atoms with Gasteiger partial charge in [0, 0.05) is 16.9 Å². The van der Waals surface area contributed by atoms with E-state index in [1.165, 1.54) is 18.2 Å². The first-order chi connectivity index (χ1) is 17.2. The highest BCUT2D eigenvalue weighted by Gasteiger charge is 2.70. The number of fused-ring (bicyclic) bond motifs is 8. The van der Waals surface area contributed by atoms with Crippen molar-refractivity contribution in [1.82, 2.24) is 5.16 Å². The second kappa shape index (κ2) is 7.39. The molecule has 6 rings (SSSR count). The predicted octanol–water partition coefficient (Wildman–Crippen LogP) is 6.84. The van der Waals surface area contributed by atoms with Gasteiger partial charge in [0.05, 0.1) is 18.7 Å². The molecule has 1 aromatic heterocycles. The Morgan fingerprint density at radius 3 is 2.43 bits per heavy atom. The number of ether oxygens (including phenoxy) is 1. The number of carbonyl (C=O) groups excluding carboxylic acids is 2. The van der Waals surface area contributed by atoms with Crippen LogP contribution in [0.2, 0.25) is 0 Å². The van der Waals surface area contributed by atoms with Crippen molar-refractivity contribution >= 4 is 11.8 Å². The van der Waals surface area contributed by atoms with Crippen molar-refractivity contribution in [3.8, 4) is 0 Å². The van der Waals surface area contributed by atoms with Gasteiger partial charge in [-0.15, -0.1) is 0 Å². The standard InChI is InChI=1S/C32H45NO4/c1-27(2)23-9-10-32(7)24(30(23,5)16-19-18-33-37-25(19)27)22(34)15-20-21-17-29(4,26(35)36-8)12-11-28(21,3)13-14-31(20,32)6/h15,18,21,23-24H,9-14,16-17H2,1-8H3/t21-,23-,24-,28+,29-,30-,31+,32+/m0/s1. The Hall–Kier alpha value is -1.91. The summed E-state index contributed by atoms with van der Waals surface area (Å²) >= 11 is 0. The third-order valence-corrected chi connectivity index (χ3v) is 13.2. The first-order valence-electron chi connectivity index (χ1n) is 14.4. The molecule has 3 fully saturated rings. The molecule has 0 spiro atoms. The Kier molecular flexibility index (Phi) is 5.06. The summed E-state index contributed by atoms with van der Waals surface area (Å²) in [6, 6.07) is 0. The molecule has 0 unspecified atom stereocenters. The predicted molar refractivity (Wildman–Crippen MR) is 142 cm³/mol. The van der Waals surface area contributed by atoms with Gasteiger partial charge in [-0.3, -0.25) is 9.59 Å². The fourth-order valence-electron chi connectivity index (χ4n) is 10.9. The first-order valence-corrected chi connectivity index (χ1v) is 14.4. The molecule has 0 aliphatic heterocycles. The number of methoxy groups -OCH3 is 1. The van der Waals surface area contributed by atoms with Gasteiger partial charge in [0.1, 0.15) is 5.76 Å². The lowest BCUT2D eigenvalue weighted by Crippen LogP contribution is -2.66. The van der Waals surface area contributed by atoms with E-state index in [1.54, 1.807) is 0 Å². The number of aromatic nitrogens is 1. The zero-order valence-corrected chi connectivity index (χ0v) is 24.1. The van der Waals surface area contributed by atoms with Gasteiger partial charge in [0.25, 0.3) is 0 Å². The van der Waals surface area contributed by atoms with E-state index in [-0.39, 0.29) is 44.9 Å². The molecule has 202 valence electrons. The molecule has 5 aliphatic carbocycles. The summed E-state index contributed by atoms with van der Waals surface area (Å²) in [7, 11) is 1.51. The summed E-state index contributed by atoms with van der Waals surface area (Å²) in [4.78, 5) is 27.4. The van der Waals surface area contributed by atoms with Crippen molar-refractivity contribution in [2.45, 2.75) is 105 Å². The normalized spacial score (nSPS) is 47.9. The molecule has 0 saturated heterocycles. The second-order valence-electron chi connectivity index (χ2n) is 15.3. The van der Waals surface area contributed by atoms with Gasteiger partial charge in [0.2, 0.25) is 0 Å². The number of ketones is 1. The molecule has 3 saturated carbocycles. The van der Waals surface area contributed by atoms with Gasteiger partial charge in [-0.25, -0.2) is 0 Å². The van der Waals surface area contributed by atoms with Gasteiger partial charge in [-0.2, -0.15) is 0 Å². The molecule has 5 aliphatic rings. The summed E-state index contributed by atoms with van der Waals surface area (Å²) in [6.07, 6.45) is 11.9. The van der Waals surface area contributed by atoms with Crippen molar-refractivity contribution in [3.63, 3.8) is 0 Å². The zero-order chi connectivity index (χ0) is 26.8. The van der Waals surface area contributed by atoms with Gasteiger partial charge in [-0.1, -0.05) is 52.3 Å². The van der Waals surface area contributed by atoms with Gasteiger partial charge >= 0.3 is 5.97 Å². The van der Waals surface area contributed by atoms with Gasteiger partial charge in [-0.05, 0) is 97.9 Å². The minimum atomic E-state index is -0.486. The van der Waals surface area contributed by atoms with E-state index in [2.05, 4.69) is 59.7 Å². The van der Waals surface area contributed by atoms with Crippen LogP contribution in [0, 0.1) is 44.8 Å². The quantitative estimate of drug-likeness (QED) is 0.389. The highest BCUT2D eigenvalue weighted by molar-refractivity contribution is 5.96. The highest BCUT2D eigenvalue weighted by atomic mass is 16.5. The Balaban J connectivity index is 1.47. The maximum Gasteiger partial charge on any atom is 0.311 e. The second-order valence-corrected chi connectivity index (χ2v) is 15.3. The van der Waals surface area contributed by atoms with Crippen molar-refractivity contribution in [2.24, 2.45) is 44.8 Å². The van der Waals surface area contributed by atoms with Crippen LogP contribution in [-0.2, 0) is 26.2 Å². The summed E-state index contributed by atoms with van der Waals surface area (Å²) in [5, 5.41) is 4.19. The van der Waals surface area contributed by atoms with Crippen molar-refractivity contribution in [1.29, 1.82) is 0 Å². The van der Waals surface area contributed by atoms with Crippen LogP contribution in [-0.4, -0.2) is 24.0 Å². The average molecular weight is 508 g/mol. The van der Waals surface area contributed by atoms with E-state index in [9.17, 15) is 9.59 Å². The van der Waals surface area contributed by atoms with Crippen molar-refractivity contribution in [3.05, 3.63) is 29.2 Å². The van der Waals surface area contributed by atoms with E-state index >= 15 is 0 Å². The SMILES string of the molecule is COC(=O)[C@@]1(C)CC[C@]2(C)CC[C@]3(C)C(=CC(=O)[C@H]4[C@@]5(C)Cc6cnoc6C(C)(C)[C@@H]5CC[C@]43C)[C@@H]2C1. The van der Waals surface area contributed by atoms with Crippen LogP contribution in [0.5, 0.6) is 0 Å². The van der Waals surface area contributed by atoms with E-state index in [1.807, 2.05) is 6.20 Å². The fourth-order valence-corrected chi connectivity index (χ4v) is 10.9. The number of carbonyl (C=O) groups is 2. The molecule has 0 amide bonds. The average Bonchev–Trinajstić information content (AvgIpc) is 3.29. The first kappa shape index (κ1) is 25.4. The number of esters is 1. The molecule has 8 atom stereocenters. The van der Waals surface area contributed by atoms with Crippen LogP contribution in [0.25, 0.3) is 0 Å². The lowest BCUT2D eigenvalue weighted by Gasteiger charge is -2.69. The van der Waals surface area contributed by atoms with Crippen LogP contribution in [0.3, 0.4) is 0 Å². The number of hydrogen-bond donors (Lipinski definition) is 0. The maximum atomic E-state index is 14.5. The van der Waals surface area contributed by atoms with Crippen LogP contribution < -0.4 is 0 Å². The van der Waals surface area contributed by atoms with E-state index in [4.69, 9.17) is 9.26 Å². The smallest absolute Gasteiger partial charge is 0.311 e. The van der Waals surface area contributed by atoms with Crippen LogP contribution >= 0.6 is 0 Å². The summed E-state index contributed by atoms with van der Waals surface area (Å²) in [5.74, 6) is 1.80. The molecule has 0 bridgehead atoms. The Morgan fingerprint density at radius 1 is 1.03 bits per heavy atom. The van der Waals surface area contributed by atoms with Crippen molar-refractivity contribution < 1.29 is 18.8 Å². The molecule has 37 heavy (non-hydrogen) atoms. The number of nitrogens with zero attached hydrogens (tertiary/aromatic N) is 1. The third kappa shape index (κ3) is 2.95. The number of rotatable bonds is 1. The molecule has 0 radical (unpaired) electrons. The minimum absolute atomic E-state index is 0.0326. The van der Waals surface area contributed by atoms with Crippen molar-refractivity contribution in [2.75, 3.05) is 7.11 Å². The van der Waals surface area contributed by atoms with Crippen LogP contribution in [0.15, 0.2) is 22.4 Å². The number of hydrogen-bond acceptors (Lipinski definition) is 5. The summed E-state index contributed by atoms with van der Waals surface area (Å²) in [5.41, 5.74) is 1.68. The Bertz CT molecular complexity index is 1210. The monoisotopic (exact) mass is 507 g/mol. The molecular weight excluding hydrogens is 462 g/mol. The molecule has 5 heteroatoms. The molecule has 1 heterocycles. The molecular formula is C32H45NO4. The van der Waals surface area contributed by atoms with E-state index in [0.717, 1.165) is 57.1 Å². The van der Waals surface area contributed by atoms with Crippen LogP contribution in [0.1, 0.15) is 105 Å². The van der Waals surface area contributed by atoms with Crippen LogP contribution in [0.4, 0.5) is 0 Å². The third-order valence-electron chi connectivity index (χ3n) is 13.2. The van der Waals surface area contributed by atoms with E-state index in [0.29, 0.717) is 11.7 Å². The van der Waals surface area contributed by atoms with Gasteiger partial charge in [0.15, 0.2) is 5.78 Å². The topological polar surface area (TPSA) is 69.4 Å². The summed E-state index contributed by atoms with van der Waals surface area (Å²) < 4.78 is 11.1. The lowest BCUT2D eigenvalue weighted by molar-refractivity contribution is -0.175. The molecule has 0 aromatic carbocycles. The lowest BCUT2D eigenvalue weighted by atomic mass is 9.33. The van der Waals surface area contributed by atoms with Gasteiger partial charge < -0.3 is 9.26 Å². The van der Waals surface area contributed by atoms with E-state index < -0.39 is 5.41 Å². The summed E-state index contributed by atoms with van der Waals surface area (Å²) in [6.45, 7) is 16.4. The zero-order valence-electron chi connectivity index (χ0n) is 24.1. The fraction of sp³-hybridized carbons (Fsp3) is 0.781.